The molecule has 0 fully saturated rings. The Hall–Kier alpha value is -5.49. The highest BCUT2D eigenvalue weighted by Crippen LogP contribution is 2.30. The summed E-state index contributed by atoms with van der Waals surface area (Å²) >= 11 is 1.35. The van der Waals surface area contributed by atoms with E-state index in [0.717, 1.165) is 38.3 Å². The number of ether oxygens (including phenoxy) is 1. The SMILES string of the molecule is CC(F)(F)Oc1ccc(-c2ccc(-c3cnc(-c4ccc(CC(NC(=O)c5ccc(C(C)(C)C)s5)C(=O)NCC(=O)O)cc4)nc3)cc2)cc1. The number of benzene rings is 3. The molecule has 3 N–H and O–H groups in total. The van der Waals surface area contributed by atoms with Crippen molar-refractivity contribution in [3.05, 3.63) is 113 Å². The molecule has 0 radical (unpaired) electrons. The maximum atomic E-state index is 13.1. The predicted molar refractivity (Wildman–Crippen MR) is 188 cm³/mol. The van der Waals surface area contributed by atoms with Crippen molar-refractivity contribution in [1.29, 1.82) is 0 Å². The summed E-state index contributed by atoms with van der Waals surface area (Å²) < 4.78 is 30.8. The molecule has 2 aromatic heterocycles. The van der Waals surface area contributed by atoms with Crippen LogP contribution in [0.15, 0.2) is 97.3 Å². The molecule has 0 aliphatic heterocycles. The molecule has 0 saturated carbocycles. The van der Waals surface area contributed by atoms with Gasteiger partial charge in [0.1, 0.15) is 18.3 Å². The summed E-state index contributed by atoms with van der Waals surface area (Å²) in [6.45, 7) is 6.28. The third-order valence-corrected chi connectivity index (χ3v) is 9.12. The van der Waals surface area contributed by atoms with Crippen molar-refractivity contribution in [2.45, 2.75) is 51.7 Å². The minimum Gasteiger partial charge on any atom is -0.480 e. The van der Waals surface area contributed by atoms with Crippen LogP contribution < -0.4 is 15.4 Å². The number of aromatic nitrogens is 2. The van der Waals surface area contributed by atoms with Gasteiger partial charge in [0.15, 0.2) is 5.82 Å². The Morgan fingerprint density at radius 1 is 0.780 bits per heavy atom. The molecule has 0 bridgehead atoms. The fourth-order valence-corrected chi connectivity index (χ4v) is 5.98. The molecular weight excluding hydrogens is 663 g/mol. The third kappa shape index (κ3) is 9.56. The number of nitrogens with zero attached hydrogens (tertiary/aromatic N) is 2. The first kappa shape index (κ1) is 35.8. The first-order valence-electron chi connectivity index (χ1n) is 15.7. The largest absolute Gasteiger partial charge is 0.480 e. The number of aliphatic carboxylic acids is 1. The number of rotatable bonds is 12. The first-order valence-corrected chi connectivity index (χ1v) is 16.6. The van der Waals surface area contributed by atoms with Gasteiger partial charge in [0.25, 0.3) is 5.91 Å². The number of carboxylic acids is 1. The van der Waals surface area contributed by atoms with Crippen LogP contribution in [0.4, 0.5) is 8.78 Å². The van der Waals surface area contributed by atoms with Crippen molar-refractivity contribution in [3.8, 4) is 39.4 Å². The van der Waals surface area contributed by atoms with E-state index in [9.17, 15) is 23.2 Å². The molecule has 0 saturated heterocycles. The van der Waals surface area contributed by atoms with Gasteiger partial charge in [0, 0.05) is 41.7 Å². The molecule has 258 valence electrons. The lowest BCUT2D eigenvalue weighted by Gasteiger charge is -2.18. The average Bonchev–Trinajstić information content (AvgIpc) is 3.59. The summed E-state index contributed by atoms with van der Waals surface area (Å²) in [5.41, 5.74) is 4.81. The lowest BCUT2D eigenvalue weighted by Crippen LogP contribution is -2.49. The molecule has 50 heavy (non-hydrogen) atoms. The molecule has 3 aromatic carbocycles. The summed E-state index contributed by atoms with van der Waals surface area (Å²) in [7, 11) is 0. The molecule has 2 amide bonds. The van der Waals surface area contributed by atoms with Crippen LogP contribution >= 0.6 is 11.3 Å². The van der Waals surface area contributed by atoms with Gasteiger partial charge in [-0.05, 0) is 51.9 Å². The summed E-state index contributed by atoms with van der Waals surface area (Å²) in [6.07, 6.45) is 0.324. The Morgan fingerprint density at radius 3 is 1.84 bits per heavy atom. The molecule has 0 spiro atoms. The van der Waals surface area contributed by atoms with Crippen LogP contribution in [0.1, 0.15) is 47.8 Å². The topological polar surface area (TPSA) is 131 Å². The van der Waals surface area contributed by atoms with E-state index < -0.39 is 36.5 Å². The molecular formula is C38H36F2N4O5S. The quantitative estimate of drug-likeness (QED) is 0.124. The predicted octanol–water partition coefficient (Wildman–Crippen LogP) is 7.37. The smallest absolute Gasteiger partial charge is 0.394 e. The van der Waals surface area contributed by atoms with Gasteiger partial charge in [-0.2, -0.15) is 8.78 Å². The zero-order chi connectivity index (χ0) is 36.1. The average molecular weight is 699 g/mol. The monoisotopic (exact) mass is 698 g/mol. The van der Waals surface area contributed by atoms with E-state index in [1.807, 2.05) is 75.4 Å². The number of amides is 2. The van der Waals surface area contributed by atoms with Crippen LogP contribution in [0, 0.1) is 0 Å². The van der Waals surface area contributed by atoms with E-state index in [1.165, 1.54) is 23.5 Å². The first-order chi connectivity index (χ1) is 23.6. The highest BCUT2D eigenvalue weighted by Gasteiger charge is 2.25. The Labute approximate surface area is 292 Å². The molecule has 0 aliphatic carbocycles. The molecule has 5 rings (SSSR count). The van der Waals surface area contributed by atoms with E-state index in [1.54, 1.807) is 30.6 Å². The van der Waals surface area contributed by atoms with Crippen molar-refractivity contribution >= 4 is 29.1 Å². The van der Waals surface area contributed by atoms with Crippen molar-refractivity contribution in [3.63, 3.8) is 0 Å². The number of thiophene rings is 1. The van der Waals surface area contributed by atoms with Crippen LogP contribution in [0.2, 0.25) is 0 Å². The number of hydrogen-bond donors (Lipinski definition) is 3. The van der Waals surface area contributed by atoms with Gasteiger partial charge in [-0.1, -0.05) is 81.4 Å². The van der Waals surface area contributed by atoms with E-state index >= 15 is 0 Å². The molecule has 2 heterocycles. The standard InChI is InChI=1S/C38H36F2N4O5S/c1-37(2,3)32-18-17-31(50-32)36(48)44-30(35(47)43-22-33(45)46)19-23-5-7-27(8-6-23)34-41-20-28(21-42-34)26-11-9-24(10-12-26)25-13-15-29(16-14-25)49-38(4,39)40/h5-18,20-21,30H,19,22H2,1-4H3,(H,43,47)(H,44,48)(H,45,46). The number of nitrogens with one attached hydrogen (secondary N) is 2. The molecule has 1 atom stereocenters. The minimum atomic E-state index is -3.25. The third-order valence-electron chi connectivity index (χ3n) is 7.61. The van der Waals surface area contributed by atoms with E-state index in [0.29, 0.717) is 17.6 Å². The maximum Gasteiger partial charge on any atom is 0.394 e. The van der Waals surface area contributed by atoms with Gasteiger partial charge in [0.2, 0.25) is 5.91 Å². The van der Waals surface area contributed by atoms with E-state index in [-0.39, 0.29) is 17.6 Å². The summed E-state index contributed by atoms with van der Waals surface area (Å²) in [5.74, 6) is -1.62. The molecule has 1 unspecified atom stereocenters. The molecule has 5 aromatic rings. The number of hydrogen-bond acceptors (Lipinski definition) is 7. The second-order valence-corrected chi connectivity index (χ2v) is 13.8. The van der Waals surface area contributed by atoms with Crippen LogP contribution in [0.3, 0.4) is 0 Å². The zero-order valence-corrected chi connectivity index (χ0v) is 28.7. The highest BCUT2D eigenvalue weighted by atomic mass is 32.1. The summed E-state index contributed by atoms with van der Waals surface area (Å²) in [5, 5.41) is 14.2. The Balaban J connectivity index is 1.24. The van der Waals surface area contributed by atoms with Gasteiger partial charge in [-0.25, -0.2) is 9.97 Å². The van der Waals surface area contributed by atoms with Crippen molar-refractivity contribution < 1.29 is 33.0 Å². The van der Waals surface area contributed by atoms with Crippen molar-refractivity contribution in [2.75, 3.05) is 6.54 Å². The van der Waals surface area contributed by atoms with Gasteiger partial charge >= 0.3 is 12.1 Å². The van der Waals surface area contributed by atoms with Crippen LogP contribution in [0.5, 0.6) is 5.75 Å². The Kier molecular flexibility index (Phi) is 10.7. The van der Waals surface area contributed by atoms with Crippen LogP contribution in [-0.2, 0) is 21.4 Å². The minimum absolute atomic E-state index is 0.0855. The normalized spacial score (nSPS) is 12.2. The second kappa shape index (κ2) is 15.0. The Morgan fingerprint density at radius 2 is 1.32 bits per heavy atom. The molecule has 9 nitrogen and oxygen atoms in total. The summed E-state index contributed by atoms with van der Waals surface area (Å²) in [6, 6.07) is 24.0. The lowest BCUT2D eigenvalue weighted by atomic mass is 9.95. The highest BCUT2D eigenvalue weighted by molar-refractivity contribution is 7.14. The van der Waals surface area contributed by atoms with Crippen molar-refractivity contribution in [2.24, 2.45) is 0 Å². The van der Waals surface area contributed by atoms with E-state index in [4.69, 9.17) is 5.11 Å². The number of halogens is 2. The van der Waals surface area contributed by atoms with Gasteiger partial charge in [-0.3, -0.25) is 14.4 Å². The molecule has 0 aliphatic rings. The van der Waals surface area contributed by atoms with Crippen LogP contribution in [-0.4, -0.2) is 51.6 Å². The van der Waals surface area contributed by atoms with Gasteiger partial charge < -0.3 is 20.5 Å². The number of carbonyl (C=O) groups excluding carboxylic acids is 2. The fraction of sp³-hybridized carbons (Fsp3) is 0.237. The van der Waals surface area contributed by atoms with Gasteiger partial charge in [0.05, 0.1) is 4.88 Å². The number of carboxylic acid groups (broad SMARTS) is 1. The summed E-state index contributed by atoms with van der Waals surface area (Å²) in [4.78, 5) is 47.7. The molecule has 12 heteroatoms. The van der Waals surface area contributed by atoms with Crippen LogP contribution in [0.25, 0.3) is 33.6 Å². The lowest BCUT2D eigenvalue weighted by molar-refractivity contribution is -0.159. The maximum absolute atomic E-state index is 13.1. The second-order valence-electron chi connectivity index (χ2n) is 12.8. The Bertz CT molecular complexity index is 1950. The fourth-order valence-electron chi connectivity index (χ4n) is 5.02. The van der Waals surface area contributed by atoms with Crippen molar-refractivity contribution in [1.82, 2.24) is 20.6 Å². The number of alkyl halides is 2. The van der Waals surface area contributed by atoms with E-state index in [2.05, 4.69) is 25.3 Å². The zero-order valence-electron chi connectivity index (χ0n) is 27.9. The number of carbonyl (C=O) groups is 3. The van der Waals surface area contributed by atoms with Gasteiger partial charge in [-0.15, -0.1) is 11.3 Å².